The zero-order valence-electron chi connectivity index (χ0n) is 9.69. The summed E-state index contributed by atoms with van der Waals surface area (Å²) in [6.45, 7) is 0.630. The summed E-state index contributed by atoms with van der Waals surface area (Å²) >= 11 is 7.04. The van der Waals surface area contributed by atoms with Gasteiger partial charge in [-0.2, -0.15) is 0 Å². The van der Waals surface area contributed by atoms with Crippen LogP contribution in [0.3, 0.4) is 0 Å². The summed E-state index contributed by atoms with van der Waals surface area (Å²) < 4.78 is 5.58. The fourth-order valence-electron chi connectivity index (χ4n) is 1.20. The van der Waals surface area contributed by atoms with E-state index in [1.165, 1.54) is 11.3 Å². The van der Waals surface area contributed by atoms with E-state index in [0.29, 0.717) is 4.34 Å². The molecule has 0 aliphatic carbocycles. The van der Waals surface area contributed by atoms with Crippen molar-refractivity contribution in [2.24, 2.45) is 0 Å². The summed E-state index contributed by atoms with van der Waals surface area (Å²) in [5.41, 5.74) is 0. The normalized spacial score (nSPS) is 11.8. The van der Waals surface area contributed by atoms with Crippen molar-refractivity contribution in [2.75, 3.05) is 19.8 Å². The van der Waals surface area contributed by atoms with E-state index in [1.807, 2.05) is 0 Å². The van der Waals surface area contributed by atoms with E-state index in [2.05, 4.69) is 11.2 Å². The van der Waals surface area contributed by atoms with Crippen LogP contribution in [0.25, 0.3) is 0 Å². The van der Waals surface area contributed by atoms with E-state index in [0.717, 1.165) is 4.88 Å². The van der Waals surface area contributed by atoms with Crippen molar-refractivity contribution in [1.82, 2.24) is 5.32 Å². The molecule has 1 aromatic heterocycles. The van der Waals surface area contributed by atoms with Crippen molar-refractivity contribution in [1.29, 1.82) is 0 Å². The van der Waals surface area contributed by atoms with Crippen molar-refractivity contribution in [3.8, 4) is 12.3 Å². The third-order valence-electron chi connectivity index (χ3n) is 2.07. The number of thiophene rings is 1. The summed E-state index contributed by atoms with van der Waals surface area (Å²) in [5.74, 6) is 2.12. The number of halogens is 1. The molecule has 0 bridgehead atoms. The lowest BCUT2D eigenvalue weighted by atomic mass is 10.3. The Labute approximate surface area is 115 Å². The van der Waals surface area contributed by atoms with Gasteiger partial charge in [0, 0.05) is 11.4 Å². The van der Waals surface area contributed by atoms with Gasteiger partial charge in [-0.25, -0.2) is 0 Å². The fraction of sp³-hybridized carbons (Fsp3) is 0.417. The zero-order chi connectivity index (χ0) is 13.4. The summed E-state index contributed by atoms with van der Waals surface area (Å²) in [4.78, 5) is 12.1. The van der Waals surface area contributed by atoms with Gasteiger partial charge in [-0.1, -0.05) is 17.5 Å². The molecule has 1 amide bonds. The molecule has 0 radical (unpaired) electrons. The highest BCUT2D eigenvalue weighted by atomic mass is 35.5. The minimum absolute atomic E-state index is 0.158. The Morgan fingerprint density at radius 2 is 2.44 bits per heavy atom. The van der Waals surface area contributed by atoms with Crippen molar-refractivity contribution < 1.29 is 14.6 Å². The molecule has 1 atom stereocenters. The van der Waals surface area contributed by atoms with Gasteiger partial charge in [0.25, 0.3) is 0 Å². The molecule has 1 unspecified atom stereocenters. The van der Waals surface area contributed by atoms with E-state index < -0.39 is 6.10 Å². The van der Waals surface area contributed by atoms with E-state index in [9.17, 15) is 9.90 Å². The van der Waals surface area contributed by atoms with Gasteiger partial charge in [0.05, 0.1) is 17.4 Å². The van der Waals surface area contributed by atoms with Gasteiger partial charge in [-0.05, 0) is 12.1 Å². The molecular formula is C12H14ClNO3S. The number of terminal acetylenes is 1. The maximum Gasteiger partial charge on any atom is 0.222 e. The van der Waals surface area contributed by atoms with Gasteiger partial charge in [0.15, 0.2) is 0 Å². The van der Waals surface area contributed by atoms with Crippen molar-refractivity contribution in [3.63, 3.8) is 0 Å². The van der Waals surface area contributed by atoms with Gasteiger partial charge in [0.2, 0.25) is 5.91 Å². The van der Waals surface area contributed by atoms with Crippen LogP contribution in [0.15, 0.2) is 12.1 Å². The zero-order valence-corrected chi connectivity index (χ0v) is 11.3. The number of nitrogens with one attached hydrogen (secondary N) is 1. The second-order valence-electron chi connectivity index (χ2n) is 3.47. The van der Waals surface area contributed by atoms with Gasteiger partial charge < -0.3 is 15.2 Å². The van der Waals surface area contributed by atoms with Crippen LogP contribution in [-0.4, -0.2) is 30.8 Å². The van der Waals surface area contributed by atoms with Gasteiger partial charge in [-0.3, -0.25) is 4.79 Å². The molecule has 1 aromatic rings. The summed E-state index contributed by atoms with van der Waals surface area (Å²) in [7, 11) is 0. The topological polar surface area (TPSA) is 58.6 Å². The molecule has 6 heteroatoms. The van der Waals surface area contributed by atoms with Gasteiger partial charge in [0.1, 0.15) is 12.7 Å². The molecule has 98 valence electrons. The van der Waals surface area contributed by atoms with Crippen LogP contribution in [0.2, 0.25) is 4.34 Å². The molecule has 1 rings (SSSR count). The lowest BCUT2D eigenvalue weighted by Crippen LogP contribution is -2.28. The third kappa shape index (κ3) is 5.52. The number of aliphatic hydroxyl groups is 1. The second-order valence-corrected chi connectivity index (χ2v) is 5.22. The van der Waals surface area contributed by atoms with Gasteiger partial charge in [-0.15, -0.1) is 17.8 Å². The van der Waals surface area contributed by atoms with Crippen LogP contribution in [0.4, 0.5) is 0 Å². The van der Waals surface area contributed by atoms with Crippen LogP contribution in [-0.2, 0) is 9.53 Å². The van der Waals surface area contributed by atoms with E-state index in [4.69, 9.17) is 22.8 Å². The Morgan fingerprint density at radius 3 is 3.06 bits per heavy atom. The van der Waals surface area contributed by atoms with Crippen LogP contribution >= 0.6 is 22.9 Å². The summed E-state index contributed by atoms with van der Waals surface area (Å²) in [6.07, 6.45) is 4.48. The van der Waals surface area contributed by atoms with Crippen molar-refractivity contribution in [3.05, 3.63) is 21.3 Å². The summed E-state index contributed by atoms with van der Waals surface area (Å²) in [5, 5.41) is 12.4. The predicted molar refractivity (Wildman–Crippen MR) is 71.6 cm³/mol. The van der Waals surface area contributed by atoms with Crippen LogP contribution in [0.5, 0.6) is 0 Å². The van der Waals surface area contributed by atoms with Crippen LogP contribution in [0, 0.1) is 12.3 Å². The van der Waals surface area contributed by atoms with Crippen molar-refractivity contribution >= 4 is 28.8 Å². The minimum Gasteiger partial charge on any atom is -0.386 e. The molecule has 18 heavy (non-hydrogen) atoms. The maximum atomic E-state index is 11.4. The molecule has 0 aliphatic rings. The highest BCUT2D eigenvalue weighted by molar-refractivity contribution is 7.16. The Bertz CT molecular complexity index is 427. The lowest BCUT2D eigenvalue weighted by Gasteiger charge is -2.10. The molecule has 0 saturated carbocycles. The number of carbonyl (C=O) groups excluding carboxylic acids is 1. The van der Waals surface area contributed by atoms with E-state index in [1.54, 1.807) is 12.1 Å². The Balaban J connectivity index is 2.20. The molecule has 0 aliphatic heterocycles. The largest absolute Gasteiger partial charge is 0.386 e. The second kappa shape index (κ2) is 8.11. The summed E-state index contributed by atoms with van der Waals surface area (Å²) in [6, 6.07) is 3.44. The highest BCUT2D eigenvalue weighted by Crippen LogP contribution is 2.26. The maximum absolute atomic E-state index is 11.4. The first-order chi connectivity index (χ1) is 8.63. The number of aliphatic hydroxyl groups excluding tert-OH is 1. The minimum atomic E-state index is -0.738. The lowest BCUT2D eigenvalue weighted by molar-refractivity contribution is -0.122. The first kappa shape index (κ1) is 15.0. The molecule has 1 heterocycles. The molecule has 0 fully saturated rings. The molecule has 4 nitrogen and oxygen atoms in total. The molecule has 0 spiro atoms. The number of hydrogen-bond donors (Lipinski definition) is 2. The number of rotatable bonds is 7. The Morgan fingerprint density at radius 1 is 1.67 bits per heavy atom. The average Bonchev–Trinajstić information content (AvgIpc) is 2.78. The predicted octanol–water partition coefficient (Wildman–Crippen LogP) is 1.59. The number of carbonyl (C=O) groups is 1. The first-order valence-corrected chi connectivity index (χ1v) is 6.54. The SMILES string of the molecule is C#CCOCCC(=O)NCC(O)c1ccc(Cl)s1. The van der Waals surface area contributed by atoms with E-state index in [-0.39, 0.29) is 32.1 Å². The smallest absolute Gasteiger partial charge is 0.222 e. The third-order valence-corrected chi connectivity index (χ3v) is 3.41. The van der Waals surface area contributed by atoms with Crippen LogP contribution in [0.1, 0.15) is 17.4 Å². The molecule has 0 aromatic carbocycles. The number of amides is 1. The number of ether oxygens (including phenoxy) is 1. The molecular weight excluding hydrogens is 274 g/mol. The number of hydrogen-bond acceptors (Lipinski definition) is 4. The molecule has 0 saturated heterocycles. The first-order valence-electron chi connectivity index (χ1n) is 5.34. The van der Waals surface area contributed by atoms with Crippen LogP contribution < -0.4 is 5.32 Å². The Kier molecular flexibility index (Phi) is 6.76. The highest BCUT2D eigenvalue weighted by Gasteiger charge is 2.11. The van der Waals surface area contributed by atoms with Gasteiger partial charge >= 0.3 is 0 Å². The van der Waals surface area contributed by atoms with Crippen molar-refractivity contribution in [2.45, 2.75) is 12.5 Å². The fourth-order valence-corrected chi connectivity index (χ4v) is 2.25. The quantitative estimate of drug-likeness (QED) is 0.591. The van der Waals surface area contributed by atoms with E-state index >= 15 is 0 Å². The average molecular weight is 288 g/mol. The Hall–Kier alpha value is -1.06. The molecule has 2 N–H and O–H groups in total. The standard InChI is InChI=1S/C12H14ClNO3S/c1-2-6-17-7-5-12(16)14-8-9(15)10-3-4-11(13)18-10/h1,3-4,9,15H,5-8H2,(H,14,16). The monoisotopic (exact) mass is 287 g/mol.